The van der Waals surface area contributed by atoms with Crippen molar-refractivity contribution in [3.8, 4) is 51.4 Å². The number of hydroxylamine groups is 2. The van der Waals surface area contributed by atoms with Gasteiger partial charge in [-0.2, -0.15) is 0 Å². The van der Waals surface area contributed by atoms with Crippen LogP contribution in [0.2, 0.25) is 0 Å². The smallest absolute Gasteiger partial charge is 0.463 e. The molecule has 6 unspecified atom stereocenters. The van der Waals surface area contributed by atoms with Crippen molar-refractivity contribution in [3.05, 3.63) is 109 Å². The Hall–Kier alpha value is -9.15. The van der Waals surface area contributed by atoms with E-state index in [0.29, 0.717) is 65.5 Å². The lowest BCUT2D eigenvalue weighted by molar-refractivity contribution is -0.179. The maximum absolute atomic E-state index is 14.4. The number of nitrogens with zero attached hydrogens (tertiary/aromatic N) is 9. The number of ether oxygens (including phenoxy) is 6. The number of halogens is 3. The van der Waals surface area contributed by atoms with Crippen LogP contribution in [0.4, 0.5) is 27.6 Å². The molecule has 4 amide bonds. The molecule has 7 aliphatic heterocycles. The molecule has 15 rings (SSSR count). The summed E-state index contributed by atoms with van der Waals surface area (Å²) in [4.78, 5) is 91.8. The van der Waals surface area contributed by atoms with Gasteiger partial charge in [-0.25, -0.2) is 82.7 Å². The summed E-state index contributed by atoms with van der Waals surface area (Å²) < 4.78 is 146. The molecule has 1 N–H and O–H groups in total. The van der Waals surface area contributed by atoms with E-state index < -0.39 is 76.1 Å². The molecule has 10 heterocycles. The third-order valence-corrected chi connectivity index (χ3v) is 24.4. The van der Waals surface area contributed by atoms with Crippen LogP contribution < -0.4 is 19.5 Å². The molecular weight excluding hydrogens is 1490 g/mol. The number of carbonyl (C=O) groups is 5. The molecular formula is C76H91F3N10O18S3. The quantitative estimate of drug-likeness (QED) is 0.0474. The lowest BCUT2D eigenvalue weighted by Gasteiger charge is -2.39. The average molecular weight is 1590 g/mol. The molecule has 0 radical (unpaired) electrons. The number of sulfone groups is 3. The van der Waals surface area contributed by atoms with Gasteiger partial charge in [-0.05, 0) is 192 Å². The average Bonchev–Trinajstić information content (AvgIpc) is 1.44. The Morgan fingerprint density at radius 3 is 1.11 bits per heavy atom. The van der Waals surface area contributed by atoms with Crippen molar-refractivity contribution in [1.29, 1.82) is 0 Å². The number of benzene rings is 3. The number of rotatable bonds is 18. The number of carbonyl (C=O) groups excluding carboxylic acids is 5. The normalized spacial score (nSPS) is 23.9. The van der Waals surface area contributed by atoms with Crippen LogP contribution in [0.5, 0.6) is 18.0 Å². The summed E-state index contributed by atoms with van der Waals surface area (Å²) in [6.07, 6.45) is 26.2. The van der Waals surface area contributed by atoms with Gasteiger partial charge in [-0.3, -0.25) is 14.4 Å². The van der Waals surface area contributed by atoms with Gasteiger partial charge >= 0.3 is 36.4 Å². The highest BCUT2D eigenvalue weighted by molar-refractivity contribution is 7.91. The van der Waals surface area contributed by atoms with Crippen LogP contribution in [0.3, 0.4) is 0 Å². The molecule has 9 aliphatic rings. The second-order valence-electron chi connectivity index (χ2n) is 31.4. The minimum Gasteiger partial charge on any atom is -0.463 e. The van der Waals surface area contributed by atoms with E-state index in [9.17, 15) is 62.4 Å². The first-order valence-corrected chi connectivity index (χ1v) is 42.5. The Kier molecular flexibility index (Phi) is 23.9. The highest BCUT2D eigenvalue weighted by Gasteiger charge is 2.50. The van der Waals surface area contributed by atoms with E-state index >= 15 is 0 Å². The van der Waals surface area contributed by atoms with Crippen molar-refractivity contribution in [2.75, 3.05) is 38.6 Å². The van der Waals surface area contributed by atoms with E-state index in [2.05, 4.69) is 40.1 Å². The van der Waals surface area contributed by atoms with E-state index in [1.807, 2.05) is 37.5 Å². The highest BCUT2D eigenvalue weighted by Crippen LogP contribution is 2.45. The minimum absolute atomic E-state index is 0.0550. The maximum Gasteiger partial charge on any atom is 0.534 e. The largest absolute Gasteiger partial charge is 0.534 e. The van der Waals surface area contributed by atoms with Crippen molar-refractivity contribution in [3.63, 3.8) is 0 Å². The van der Waals surface area contributed by atoms with Crippen LogP contribution in [0, 0.1) is 35.2 Å². The molecule has 0 spiro atoms. The SMILES string of the molecule is CC(C)(C)OC(=O)N1C2CCC1CC(COc1ncc(-c3ccc(S(C)(=O)=O)cc3F)cn1)C2.CC1(OC(=O)N2C3CCC2CC(COc2ncc(-c4ccc(S(C)(=O)=O)cc4F)cn2)C3)CC1.CC1(OC(=O)ON2C(=O)CCC2=O)CC1.CS(=O)(=O)c1ccc(-c2cnc(OCC3CC4CCC(C3)N4)nc2)c(F)c1. The van der Waals surface area contributed by atoms with E-state index in [-0.39, 0.29) is 110 Å². The van der Waals surface area contributed by atoms with Crippen molar-refractivity contribution in [2.45, 2.75) is 218 Å². The van der Waals surface area contributed by atoms with E-state index in [4.69, 9.17) is 28.4 Å². The fourth-order valence-corrected chi connectivity index (χ4v) is 16.8. The molecule has 3 aromatic carbocycles. The number of fused-ring (bicyclic) bond motifs is 6. The molecule has 110 heavy (non-hydrogen) atoms. The highest BCUT2D eigenvalue weighted by atomic mass is 32.2. The van der Waals surface area contributed by atoms with Gasteiger partial charge in [-0.15, -0.1) is 0 Å². The predicted molar refractivity (Wildman–Crippen MR) is 390 cm³/mol. The van der Waals surface area contributed by atoms with Crippen molar-refractivity contribution < 1.29 is 95.7 Å². The zero-order valence-electron chi connectivity index (χ0n) is 62.4. The summed E-state index contributed by atoms with van der Waals surface area (Å²) in [6, 6.07) is 13.9. The standard InChI is InChI=1S/C24H28FN3O5S.C24H30FN3O5S.C19H22FN3O3S.C9H11NO5/c1-24(7-8-24)33-23(29)28-17-3-4-18(28)10-15(9-17)14-32-22-26-12-16(13-27-22)20-6-5-19(11-21(20)25)34(2,30)31;1-24(2,3)33-23(29)28-17-5-6-18(28)10-15(9-17)14-32-22-26-12-16(13-27-22)20-8-7-19(11-21(20)25)34(4,30)31;1-27(24,25)16-4-5-17(18(20)8-16)13-9-21-19(22-10-13)26-11-12-6-14-2-3-15(7-12)23-14;1-9(4-5-9)14-8(13)15-10-6(11)2-3-7(10)12/h5-6,11-13,15,17-18H,3-4,7-10,14H2,1-2H3;7-8,11-13,15,17-18H,5-6,9-10,14H2,1-4H3;4-5,8-10,12,14-15,23H,2-3,6-7,11H2,1H3;2-5H2,1H3. The molecule has 2 aliphatic carbocycles. The van der Waals surface area contributed by atoms with Gasteiger partial charge in [-0.1, -0.05) is 23.3 Å². The predicted octanol–water partition coefficient (Wildman–Crippen LogP) is 11.6. The van der Waals surface area contributed by atoms with Crippen molar-refractivity contribution >= 4 is 59.7 Å². The molecule has 6 aromatic rings. The lowest BCUT2D eigenvalue weighted by Crippen LogP contribution is -2.49. The zero-order valence-corrected chi connectivity index (χ0v) is 64.9. The fraction of sp³-hybridized carbons (Fsp3) is 0.539. The van der Waals surface area contributed by atoms with Gasteiger partial charge in [0.2, 0.25) is 0 Å². The van der Waals surface area contributed by atoms with Gasteiger partial charge in [0, 0.05) is 138 Å². The fourth-order valence-electron chi connectivity index (χ4n) is 14.9. The monoisotopic (exact) mass is 1580 g/mol. The molecule has 9 fully saturated rings. The number of aromatic nitrogens is 6. The summed E-state index contributed by atoms with van der Waals surface area (Å²) in [5, 5.41) is 4.08. The summed E-state index contributed by atoms with van der Waals surface area (Å²) in [6.45, 7) is 10.8. The Morgan fingerprint density at radius 1 is 0.482 bits per heavy atom. The van der Waals surface area contributed by atoms with Crippen LogP contribution in [0.15, 0.2) is 106 Å². The third kappa shape index (κ3) is 20.7. The van der Waals surface area contributed by atoms with Crippen molar-refractivity contribution in [1.82, 2.24) is 50.1 Å². The lowest BCUT2D eigenvalue weighted by atomic mass is 9.92. The molecule has 7 saturated heterocycles. The van der Waals surface area contributed by atoms with Gasteiger partial charge in [0.25, 0.3) is 11.8 Å². The van der Waals surface area contributed by atoms with Gasteiger partial charge < -0.3 is 43.5 Å². The first-order valence-electron chi connectivity index (χ1n) is 36.8. The maximum atomic E-state index is 14.4. The first-order chi connectivity index (χ1) is 51.9. The number of hydrogen-bond donors (Lipinski definition) is 1. The first kappa shape index (κ1) is 80.4. The van der Waals surface area contributed by atoms with Crippen LogP contribution in [-0.4, -0.2) is 192 Å². The number of nitrogens with one attached hydrogen (secondary N) is 1. The van der Waals surface area contributed by atoms with Crippen LogP contribution in [-0.2, 0) is 58.1 Å². The second kappa shape index (κ2) is 32.7. The summed E-state index contributed by atoms with van der Waals surface area (Å²) in [7, 11) is -10.4. The summed E-state index contributed by atoms with van der Waals surface area (Å²) >= 11 is 0. The molecule has 2 saturated carbocycles. The number of imide groups is 1. The number of hydrogen-bond acceptors (Lipinski definition) is 25. The minimum atomic E-state index is -3.49. The Balaban J connectivity index is 0.000000141. The van der Waals surface area contributed by atoms with Gasteiger partial charge in [0.1, 0.15) is 34.3 Å². The van der Waals surface area contributed by atoms with Crippen LogP contribution in [0.1, 0.15) is 150 Å². The van der Waals surface area contributed by atoms with Crippen LogP contribution in [0.25, 0.3) is 33.4 Å². The zero-order chi connectivity index (χ0) is 78.8. The molecule has 34 heteroatoms. The van der Waals surface area contributed by atoms with Gasteiger partial charge in [0.15, 0.2) is 29.5 Å². The second-order valence-corrected chi connectivity index (χ2v) is 37.5. The Labute approximate surface area is 637 Å². The van der Waals surface area contributed by atoms with E-state index in [1.165, 1.54) is 86.4 Å². The third-order valence-electron chi connectivity index (χ3n) is 21.1. The summed E-state index contributed by atoms with van der Waals surface area (Å²) in [5.74, 6) is -1.86. The summed E-state index contributed by atoms with van der Waals surface area (Å²) in [5.41, 5.74) is 0.761. The Bertz CT molecular complexity index is 4540. The number of amides is 4. The van der Waals surface area contributed by atoms with E-state index in [0.717, 1.165) is 127 Å². The molecule has 3 aromatic heterocycles. The van der Waals surface area contributed by atoms with Crippen LogP contribution >= 0.6 is 0 Å². The number of piperidine rings is 3. The Morgan fingerprint density at radius 2 is 0.800 bits per heavy atom. The molecule has 28 nitrogen and oxygen atoms in total. The van der Waals surface area contributed by atoms with Crippen molar-refractivity contribution in [2.24, 2.45) is 17.8 Å². The van der Waals surface area contributed by atoms with E-state index in [1.54, 1.807) is 6.92 Å². The topological polar surface area (TPSA) is 351 Å². The van der Waals surface area contributed by atoms with Gasteiger partial charge in [0.05, 0.1) is 34.5 Å². The molecule has 6 atom stereocenters. The molecule has 592 valence electrons. The molecule has 6 bridgehead atoms.